The molecule has 0 saturated carbocycles. The van der Waals surface area contributed by atoms with E-state index in [4.69, 9.17) is 10.5 Å². The molecule has 1 amide bonds. The zero-order valence-corrected chi connectivity index (χ0v) is 14.3. The molecule has 108 valence electrons. The van der Waals surface area contributed by atoms with Crippen LogP contribution >= 0.6 is 31.9 Å². The largest absolute Gasteiger partial charge is 0.455 e. The minimum Gasteiger partial charge on any atom is -0.455 e. The number of carbonyl (C=O) groups excluding carboxylic acids is 1. The number of halogens is 2. The molecule has 6 heteroatoms. The number of aryl methyl sites for hydroxylation is 1. The Hall–Kier alpha value is -1.37. The van der Waals surface area contributed by atoms with Crippen molar-refractivity contribution in [3.05, 3.63) is 50.4 Å². The van der Waals surface area contributed by atoms with E-state index in [0.717, 1.165) is 20.1 Å². The summed E-state index contributed by atoms with van der Waals surface area (Å²) in [7, 11) is 0. The van der Waals surface area contributed by atoms with Crippen LogP contribution in [0, 0.1) is 6.92 Å². The fourth-order valence-corrected chi connectivity index (χ4v) is 3.19. The summed E-state index contributed by atoms with van der Waals surface area (Å²) in [6.45, 7) is 2.01. The van der Waals surface area contributed by atoms with E-state index in [1.165, 1.54) is 0 Å². The van der Waals surface area contributed by atoms with E-state index < -0.39 is 6.04 Å². The smallest absolute Gasteiger partial charge is 0.245 e. The number of nitrogens with one attached hydrogen (secondary N) is 1. The molecule has 1 heterocycles. The number of fused-ring (bicyclic) bond motifs is 1. The quantitative estimate of drug-likeness (QED) is 0.775. The van der Waals surface area contributed by atoms with Gasteiger partial charge in [-0.2, -0.15) is 0 Å². The van der Waals surface area contributed by atoms with Crippen LogP contribution in [0.5, 0.6) is 11.5 Å². The molecule has 2 aromatic carbocycles. The third-order valence-electron chi connectivity index (χ3n) is 3.29. The first-order valence-electron chi connectivity index (χ1n) is 6.29. The van der Waals surface area contributed by atoms with Crippen LogP contribution in [0.1, 0.15) is 17.2 Å². The topological polar surface area (TPSA) is 64.3 Å². The minimum atomic E-state index is -0.628. The van der Waals surface area contributed by atoms with Gasteiger partial charge in [-0.15, -0.1) is 0 Å². The molecular formula is C15H12Br2N2O2. The fraction of sp³-hybridized carbons (Fsp3) is 0.133. The van der Waals surface area contributed by atoms with Crippen molar-refractivity contribution >= 4 is 43.5 Å². The molecule has 2 aromatic rings. The van der Waals surface area contributed by atoms with Crippen LogP contribution in [0.15, 0.2) is 39.3 Å². The summed E-state index contributed by atoms with van der Waals surface area (Å²) in [5.74, 6) is 1.12. The predicted octanol–water partition coefficient (Wildman–Crippen LogP) is 4.26. The molecule has 0 saturated heterocycles. The highest BCUT2D eigenvalue weighted by Crippen LogP contribution is 2.40. The summed E-state index contributed by atoms with van der Waals surface area (Å²) >= 11 is 6.94. The van der Waals surface area contributed by atoms with Gasteiger partial charge in [0.25, 0.3) is 0 Å². The highest BCUT2D eigenvalue weighted by Gasteiger charge is 2.28. The third kappa shape index (κ3) is 2.71. The number of ether oxygens (including phenoxy) is 1. The Morgan fingerprint density at radius 1 is 1.14 bits per heavy atom. The molecule has 1 aliphatic rings. The number of amides is 1. The molecule has 21 heavy (non-hydrogen) atoms. The Morgan fingerprint density at radius 2 is 1.86 bits per heavy atom. The highest BCUT2D eigenvalue weighted by atomic mass is 79.9. The number of rotatable bonds is 2. The second-order valence-electron chi connectivity index (χ2n) is 4.87. The molecule has 0 aliphatic carbocycles. The van der Waals surface area contributed by atoms with E-state index in [2.05, 4.69) is 37.2 Å². The lowest BCUT2D eigenvalue weighted by Gasteiger charge is -2.12. The normalized spacial score (nSPS) is 16.6. The van der Waals surface area contributed by atoms with Crippen molar-refractivity contribution in [3.63, 3.8) is 0 Å². The van der Waals surface area contributed by atoms with Gasteiger partial charge in [0, 0.05) is 17.3 Å². The SMILES string of the molecule is Cc1ccc(Oc2cc3c(cc2Br)C(N)C(=O)N3)c(Br)c1. The van der Waals surface area contributed by atoms with E-state index in [1.54, 1.807) is 6.07 Å². The second kappa shape index (κ2) is 5.44. The van der Waals surface area contributed by atoms with Crippen molar-refractivity contribution in [2.24, 2.45) is 5.73 Å². The molecule has 0 aromatic heterocycles. The third-order valence-corrected chi connectivity index (χ3v) is 4.53. The zero-order valence-electron chi connectivity index (χ0n) is 11.1. The van der Waals surface area contributed by atoms with Crippen LogP contribution in [-0.4, -0.2) is 5.91 Å². The average Bonchev–Trinajstić information content (AvgIpc) is 2.69. The number of anilines is 1. The average molecular weight is 412 g/mol. The molecule has 4 nitrogen and oxygen atoms in total. The van der Waals surface area contributed by atoms with Gasteiger partial charge in [-0.3, -0.25) is 4.79 Å². The highest BCUT2D eigenvalue weighted by molar-refractivity contribution is 9.11. The predicted molar refractivity (Wildman–Crippen MR) is 88.7 cm³/mol. The van der Waals surface area contributed by atoms with Gasteiger partial charge < -0.3 is 15.8 Å². The van der Waals surface area contributed by atoms with Crippen LogP contribution < -0.4 is 15.8 Å². The van der Waals surface area contributed by atoms with Gasteiger partial charge in [0.15, 0.2) is 0 Å². The first kappa shape index (κ1) is 14.6. The van der Waals surface area contributed by atoms with Crippen molar-refractivity contribution in [1.29, 1.82) is 0 Å². The lowest BCUT2D eigenvalue weighted by molar-refractivity contribution is -0.116. The van der Waals surface area contributed by atoms with Crippen molar-refractivity contribution in [3.8, 4) is 11.5 Å². The van der Waals surface area contributed by atoms with Crippen LogP contribution in [0.3, 0.4) is 0 Å². The molecule has 1 atom stereocenters. The van der Waals surface area contributed by atoms with Crippen molar-refractivity contribution in [1.82, 2.24) is 0 Å². The van der Waals surface area contributed by atoms with Crippen LogP contribution in [0.25, 0.3) is 0 Å². The van der Waals surface area contributed by atoms with E-state index in [1.807, 2.05) is 31.2 Å². The molecule has 0 spiro atoms. The number of hydrogen-bond donors (Lipinski definition) is 2. The molecule has 0 fully saturated rings. The van der Waals surface area contributed by atoms with Crippen LogP contribution in [0.4, 0.5) is 5.69 Å². The number of nitrogens with two attached hydrogens (primary N) is 1. The van der Waals surface area contributed by atoms with Crippen LogP contribution in [0.2, 0.25) is 0 Å². The van der Waals surface area contributed by atoms with E-state index in [-0.39, 0.29) is 5.91 Å². The number of carbonyl (C=O) groups is 1. The second-order valence-corrected chi connectivity index (χ2v) is 6.58. The Morgan fingerprint density at radius 3 is 2.57 bits per heavy atom. The molecule has 0 bridgehead atoms. The maximum Gasteiger partial charge on any atom is 0.245 e. The summed E-state index contributed by atoms with van der Waals surface area (Å²) in [6, 6.07) is 8.80. The van der Waals surface area contributed by atoms with Crippen LogP contribution in [-0.2, 0) is 4.79 Å². The Labute approximate surface area is 138 Å². The van der Waals surface area contributed by atoms with Gasteiger partial charge in [-0.25, -0.2) is 0 Å². The Balaban J connectivity index is 1.97. The fourth-order valence-electron chi connectivity index (χ4n) is 2.17. The van der Waals surface area contributed by atoms with E-state index in [0.29, 0.717) is 17.2 Å². The Kier molecular flexibility index (Phi) is 3.77. The maximum atomic E-state index is 11.6. The minimum absolute atomic E-state index is 0.203. The van der Waals surface area contributed by atoms with Gasteiger partial charge in [0.2, 0.25) is 5.91 Å². The molecule has 1 unspecified atom stereocenters. The summed E-state index contributed by atoms with van der Waals surface area (Å²) in [4.78, 5) is 11.6. The molecule has 3 N–H and O–H groups in total. The molecule has 1 aliphatic heterocycles. The van der Waals surface area contributed by atoms with Crippen molar-refractivity contribution < 1.29 is 9.53 Å². The van der Waals surface area contributed by atoms with Crippen molar-refractivity contribution in [2.45, 2.75) is 13.0 Å². The summed E-state index contributed by atoms with van der Waals surface area (Å²) < 4.78 is 7.53. The standard InChI is InChI=1S/C15H12Br2N2O2/c1-7-2-3-12(9(16)4-7)21-13-6-11-8(5-10(13)17)14(18)15(20)19-11/h2-6,14H,18H2,1H3,(H,19,20). The maximum absolute atomic E-state index is 11.6. The molecular weight excluding hydrogens is 400 g/mol. The van der Waals surface area contributed by atoms with Gasteiger partial charge in [0.05, 0.1) is 8.95 Å². The summed E-state index contributed by atoms with van der Waals surface area (Å²) in [5, 5.41) is 2.75. The first-order valence-corrected chi connectivity index (χ1v) is 7.88. The lowest BCUT2D eigenvalue weighted by atomic mass is 10.1. The number of benzene rings is 2. The van der Waals surface area contributed by atoms with E-state index in [9.17, 15) is 4.79 Å². The van der Waals surface area contributed by atoms with Gasteiger partial charge in [0.1, 0.15) is 17.5 Å². The zero-order chi connectivity index (χ0) is 15.1. The summed E-state index contributed by atoms with van der Waals surface area (Å²) in [6.07, 6.45) is 0. The molecule has 3 rings (SSSR count). The van der Waals surface area contributed by atoms with Gasteiger partial charge >= 0.3 is 0 Å². The lowest BCUT2D eigenvalue weighted by Crippen LogP contribution is -2.19. The molecule has 0 radical (unpaired) electrons. The van der Waals surface area contributed by atoms with Gasteiger partial charge in [-0.1, -0.05) is 6.07 Å². The first-order chi connectivity index (χ1) is 9.95. The van der Waals surface area contributed by atoms with Gasteiger partial charge in [-0.05, 0) is 62.5 Å². The summed E-state index contributed by atoms with van der Waals surface area (Å²) in [5.41, 5.74) is 8.42. The Bertz CT molecular complexity index is 747. The van der Waals surface area contributed by atoms with Crippen molar-refractivity contribution in [2.75, 3.05) is 5.32 Å². The monoisotopic (exact) mass is 410 g/mol. The van der Waals surface area contributed by atoms with E-state index >= 15 is 0 Å². The number of hydrogen-bond acceptors (Lipinski definition) is 3.